The highest BCUT2D eigenvalue weighted by molar-refractivity contribution is 5.97. The Balaban J connectivity index is 1.67. The summed E-state index contributed by atoms with van der Waals surface area (Å²) in [7, 11) is 0. The number of rotatable bonds is 2. The molecular formula is C24H18F3N3O. The Bertz CT molecular complexity index is 1260. The second-order valence-corrected chi connectivity index (χ2v) is 7.51. The number of carbonyl (C=O) groups excluding carboxylic acids is 1. The normalized spacial score (nSPS) is 16.4. The largest absolute Gasteiger partial charge is 0.417 e. The van der Waals surface area contributed by atoms with Crippen molar-refractivity contribution < 1.29 is 18.0 Å². The van der Waals surface area contributed by atoms with Gasteiger partial charge in [-0.2, -0.15) is 13.2 Å². The number of nitrogens with one attached hydrogen (secondary N) is 1. The van der Waals surface area contributed by atoms with E-state index in [2.05, 4.69) is 9.97 Å². The Morgan fingerprint density at radius 1 is 1.00 bits per heavy atom. The molecule has 0 spiro atoms. The van der Waals surface area contributed by atoms with E-state index in [9.17, 15) is 18.0 Å². The molecule has 1 amide bonds. The molecule has 31 heavy (non-hydrogen) atoms. The topological polar surface area (TPSA) is 49.0 Å². The third-order valence-electron chi connectivity index (χ3n) is 5.73. The predicted molar refractivity (Wildman–Crippen MR) is 111 cm³/mol. The molecule has 5 rings (SSSR count). The number of carbonyl (C=O) groups is 1. The van der Waals surface area contributed by atoms with E-state index in [-0.39, 0.29) is 5.56 Å². The molecule has 1 N–H and O–H groups in total. The van der Waals surface area contributed by atoms with Gasteiger partial charge in [0.1, 0.15) is 6.04 Å². The second kappa shape index (κ2) is 7.27. The number of H-pyrrole nitrogens is 1. The fourth-order valence-corrected chi connectivity index (χ4v) is 4.38. The van der Waals surface area contributed by atoms with Crippen molar-refractivity contribution in [2.24, 2.45) is 0 Å². The van der Waals surface area contributed by atoms with Crippen LogP contribution in [0.5, 0.6) is 0 Å². The van der Waals surface area contributed by atoms with Crippen LogP contribution in [-0.4, -0.2) is 27.3 Å². The number of para-hydroxylation sites is 1. The molecule has 0 radical (unpaired) electrons. The lowest BCUT2D eigenvalue weighted by Crippen LogP contribution is -2.41. The van der Waals surface area contributed by atoms with E-state index in [1.807, 2.05) is 30.3 Å². The van der Waals surface area contributed by atoms with Gasteiger partial charge in [-0.25, -0.2) is 0 Å². The molecule has 2 aromatic heterocycles. The average molecular weight is 421 g/mol. The number of aromatic amines is 1. The maximum atomic E-state index is 13.6. The summed E-state index contributed by atoms with van der Waals surface area (Å²) in [6, 6.07) is 17.5. The third kappa shape index (κ3) is 3.26. The predicted octanol–water partition coefficient (Wildman–Crippen LogP) is 5.37. The fraction of sp³-hybridized carbons (Fsp3) is 0.167. The Morgan fingerprint density at radius 3 is 2.52 bits per heavy atom. The second-order valence-electron chi connectivity index (χ2n) is 7.51. The molecule has 0 bridgehead atoms. The first-order chi connectivity index (χ1) is 14.9. The summed E-state index contributed by atoms with van der Waals surface area (Å²) in [6.45, 7) is 0.293. The molecular weight excluding hydrogens is 403 g/mol. The first kappa shape index (κ1) is 19.4. The molecule has 156 valence electrons. The van der Waals surface area contributed by atoms with Gasteiger partial charge in [0.05, 0.1) is 16.8 Å². The van der Waals surface area contributed by atoms with E-state index in [1.165, 1.54) is 23.1 Å². The van der Waals surface area contributed by atoms with Crippen LogP contribution in [0.2, 0.25) is 0 Å². The Labute approximate surface area is 176 Å². The molecule has 0 saturated heterocycles. The van der Waals surface area contributed by atoms with Gasteiger partial charge in [0.15, 0.2) is 0 Å². The summed E-state index contributed by atoms with van der Waals surface area (Å²) in [5, 5.41) is 1.06. The van der Waals surface area contributed by atoms with Crippen molar-refractivity contribution in [3.8, 4) is 0 Å². The number of halogens is 3. The number of nitrogens with zero attached hydrogens (tertiary/aromatic N) is 2. The fourth-order valence-electron chi connectivity index (χ4n) is 4.38. The Hall–Kier alpha value is -3.61. The molecule has 4 nitrogen and oxygen atoms in total. The van der Waals surface area contributed by atoms with Crippen LogP contribution in [0.25, 0.3) is 10.9 Å². The average Bonchev–Trinajstić information content (AvgIpc) is 3.16. The first-order valence-corrected chi connectivity index (χ1v) is 9.93. The van der Waals surface area contributed by atoms with Crippen LogP contribution in [0.1, 0.15) is 38.9 Å². The number of hydrogen-bond donors (Lipinski definition) is 1. The maximum absolute atomic E-state index is 13.6. The number of aromatic nitrogens is 2. The Kier molecular flexibility index (Phi) is 4.54. The highest BCUT2D eigenvalue weighted by atomic mass is 19.4. The highest BCUT2D eigenvalue weighted by Gasteiger charge is 2.40. The van der Waals surface area contributed by atoms with Gasteiger partial charge in [0.25, 0.3) is 5.91 Å². The standard InChI is InChI=1S/C24H18F3N3O/c25-24(26,27)18-9-3-1-8-17(18)23(31)30-14-12-16-15-7-2-4-10-19(15)29-21(16)22(30)20-11-5-6-13-28-20/h1-11,13,22,29H,12,14H2/t22-/m0/s1. The molecule has 7 heteroatoms. The molecule has 0 saturated carbocycles. The van der Waals surface area contributed by atoms with E-state index < -0.39 is 23.7 Å². The summed E-state index contributed by atoms with van der Waals surface area (Å²) in [6.07, 6.45) is -2.45. The Morgan fingerprint density at radius 2 is 1.74 bits per heavy atom. The molecule has 0 fully saturated rings. The zero-order chi connectivity index (χ0) is 21.6. The van der Waals surface area contributed by atoms with Crippen LogP contribution in [0.3, 0.4) is 0 Å². The van der Waals surface area contributed by atoms with Crippen LogP contribution in [0, 0.1) is 0 Å². The van der Waals surface area contributed by atoms with E-state index >= 15 is 0 Å². The lowest BCUT2D eigenvalue weighted by atomic mass is 9.93. The van der Waals surface area contributed by atoms with Crippen LogP contribution in [0.15, 0.2) is 72.9 Å². The van der Waals surface area contributed by atoms with Crippen molar-refractivity contribution in [1.82, 2.24) is 14.9 Å². The van der Waals surface area contributed by atoms with E-state index in [1.54, 1.807) is 18.3 Å². The number of amides is 1. The molecule has 2 aromatic carbocycles. The van der Waals surface area contributed by atoms with Gasteiger partial charge < -0.3 is 9.88 Å². The zero-order valence-electron chi connectivity index (χ0n) is 16.4. The lowest BCUT2D eigenvalue weighted by Gasteiger charge is -2.36. The van der Waals surface area contributed by atoms with Crippen molar-refractivity contribution in [3.05, 3.63) is 101 Å². The summed E-state index contributed by atoms with van der Waals surface area (Å²) < 4.78 is 40.8. The zero-order valence-corrected chi connectivity index (χ0v) is 16.4. The first-order valence-electron chi connectivity index (χ1n) is 9.93. The van der Waals surface area contributed by atoms with Gasteiger partial charge in [-0.05, 0) is 42.3 Å². The number of hydrogen-bond acceptors (Lipinski definition) is 2. The molecule has 0 aliphatic carbocycles. The summed E-state index contributed by atoms with van der Waals surface area (Å²) in [4.78, 5) is 22.8. The quantitative estimate of drug-likeness (QED) is 0.473. The van der Waals surface area contributed by atoms with Gasteiger partial charge in [0.2, 0.25) is 0 Å². The lowest BCUT2D eigenvalue weighted by molar-refractivity contribution is -0.138. The van der Waals surface area contributed by atoms with Crippen LogP contribution in [-0.2, 0) is 12.6 Å². The van der Waals surface area contributed by atoms with E-state index in [4.69, 9.17) is 0 Å². The van der Waals surface area contributed by atoms with Crippen molar-refractivity contribution in [1.29, 1.82) is 0 Å². The molecule has 1 atom stereocenters. The molecule has 0 unspecified atom stereocenters. The van der Waals surface area contributed by atoms with Gasteiger partial charge in [-0.3, -0.25) is 9.78 Å². The monoisotopic (exact) mass is 421 g/mol. The maximum Gasteiger partial charge on any atom is 0.417 e. The summed E-state index contributed by atoms with van der Waals surface area (Å²) in [5.41, 5.74) is 2.12. The van der Waals surface area contributed by atoms with Gasteiger partial charge >= 0.3 is 6.18 Å². The number of alkyl halides is 3. The highest BCUT2D eigenvalue weighted by Crippen LogP contribution is 2.40. The van der Waals surface area contributed by atoms with Crippen molar-refractivity contribution in [3.63, 3.8) is 0 Å². The summed E-state index contributed by atoms with van der Waals surface area (Å²) in [5.74, 6) is -0.659. The van der Waals surface area contributed by atoms with Crippen molar-refractivity contribution in [2.45, 2.75) is 18.6 Å². The number of benzene rings is 2. The molecule has 3 heterocycles. The number of pyridine rings is 1. The molecule has 1 aliphatic rings. The van der Waals surface area contributed by atoms with Gasteiger partial charge in [-0.15, -0.1) is 0 Å². The van der Waals surface area contributed by atoms with Crippen LogP contribution >= 0.6 is 0 Å². The van der Waals surface area contributed by atoms with Crippen molar-refractivity contribution >= 4 is 16.8 Å². The van der Waals surface area contributed by atoms with Gasteiger partial charge in [0, 0.05) is 29.3 Å². The van der Waals surface area contributed by atoms with E-state index in [0.717, 1.165) is 28.2 Å². The minimum Gasteiger partial charge on any atom is -0.356 e. The molecule has 4 aromatic rings. The molecule has 1 aliphatic heterocycles. The summed E-state index contributed by atoms with van der Waals surface area (Å²) >= 11 is 0. The minimum atomic E-state index is -4.62. The van der Waals surface area contributed by atoms with E-state index in [0.29, 0.717) is 18.7 Å². The SMILES string of the molecule is O=C(c1ccccc1C(F)(F)F)N1CCc2c([nH]c3ccccc23)[C@@H]1c1ccccn1. The number of fused-ring (bicyclic) bond motifs is 3. The van der Waals surface area contributed by atoms with Gasteiger partial charge in [-0.1, -0.05) is 36.4 Å². The van der Waals surface area contributed by atoms with Crippen LogP contribution in [0.4, 0.5) is 13.2 Å². The van der Waals surface area contributed by atoms with Crippen molar-refractivity contribution in [2.75, 3.05) is 6.54 Å². The van der Waals surface area contributed by atoms with Crippen LogP contribution < -0.4 is 0 Å². The smallest absolute Gasteiger partial charge is 0.356 e. The minimum absolute atomic E-state index is 0.293. The third-order valence-corrected chi connectivity index (χ3v) is 5.73.